The number of ketones is 1. The van der Waals surface area contributed by atoms with Crippen LogP contribution in [0.3, 0.4) is 0 Å². The van der Waals surface area contributed by atoms with Crippen LogP contribution in [0, 0.1) is 36.6 Å². The molecule has 0 unspecified atom stereocenters. The molecular formula is C39H45FIrNO3-. The first-order valence-corrected chi connectivity index (χ1v) is 16.0. The SMILES string of the molecule is CCC(CC)C(=O)/C=C(\O)C(CC)CC.Cc1[c-]c(-c2nc(CC(C)C)cc3c(F)cccc23)c2oc3ccccc3c2c1.[Ir]. The van der Waals surface area contributed by atoms with Gasteiger partial charge in [-0.2, -0.15) is 0 Å². The molecule has 0 fully saturated rings. The number of hydrogen-bond acceptors (Lipinski definition) is 4. The van der Waals surface area contributed by atoms with E-state index >= 15 is 0 Å². The summed E-state index contributed by atoms with van der Waals surface area (Å²) in [5, 5.41) is 13.2. The number of carbonyl (C=O) groups excluding carboxylic acids is 1. The van der Waals surface area contributed by atoms with E-state index < -0.39 is 0 Å². The first-order valence-electron chi connectivity index (χ1n) is 16.0. The fourth-order valence-electron chi connectivity index (χ4n) is 5.85. The van der Waals surface area contributed by atoms with E-state index in [-0.39, 0.29) is 49.3 Å². The number of nitrogens with zero attached hydrogens (tertiary/aromatic N) is 1. The van der Waals surface area contributed by atoms with Gasteiger partial charge in [-0.15, -0.1) is 17.7 Å². The van der Waals surface area contributed by atoms with Crippen molar-refractivity contribution >= 4 is 38.5 Å². The summed E-state index contributed by atoms with van der Waals surface area (Å²) in [6.07, 6.45) is 5.69. The largest absolute Gasteiger partial charge is 0.512 e. The molecular weight excluding hydrogens is 742 g/mol. The van der Waals surface area contributed by atoms with Gasteiger partial charge in [0.25, 0.3) is 0 Å². The summed E-state index contributed by atoms with van der Waals surface area (Å²) in [6, 6.07) is 20.6. The summed E-state index contributed by atoms with van der Waals surface area (Å²) in [6.45, 7) is 14.4. The average Bonchev–Trinajstić information content (AvgIpc) is 3.36. The fraction of sp³-hybridized carbons (Fsp3) is 0.385. The van der Waals surface area contributed by atoms with Crippen LogP contribution in [0.4, 0.5) is 4.39 Å². The molecule has 0 amide bonds. The Bertz CT molecular complexity index is 1780. The molecule has 0 aliphatic rings. The molecule has 6 heteroatoms. The Morgan fingerprint density at radius 2 is 1.56 bits per heavy atom. The summed E-state index contributed by atoms with van der Waals surface area (Å²) < 4.78 is 20.9. The van der Waals surface area contributed by atoms with E-state index in [2.05, 4.69) is 32.0 Å². The van der Waals surface area contributed by atoms with Crippen molar-refractivity contribution in [3.63, 3.8) is 0 Å². The van der Waals surface area contributed by atoms with Crippen molar-refractivity contribution < 1.29 is 38.8 Å². The van der Waals surface area contributed by atoms with Gasteiger partial charge in [-0.1, -0.05) is 89.7 Å². The molecule has 1 radical (unpaired) electrons. The van der Waals surface area contributed by atoms with E-state index in [0.29, 0.717) is 11.3 Å². The van der Waals surface area contributed by atoms with Gasteiger partial charge in [-0.05, 0) is 67.3 Å². The van der Waals surface area contributed by atoms with Gasteiger partial charge in [0.1, 0.15) is 11.4 Å². The Hall–Kier alpha value is -3.34. The first kappa shape index (κ1) is 36.1. The number of benzene rings is 3. The van der Waals surface area contributed by atoms with Crippen LogP contribution in [0.25, 0.3) is 44.0 Å². The van der Waals surface area contributed by atoms with Gasteiger partial charge in [0.15, 0.2) is 5.78 Å². The van der Waals surface area contributed by atoms with E-state index in [1.807, 2.05) is 65.0 Å². The number of para-hydroxylation sites is 1. The molecule has 0 aliphatic heterocycles. The maximum Gasteiger partial charge on any atom is 0.162 e. The third-order valence-electron chi connectivity index (χ3n) is 8.35. The third-order valence-corrected chi connectivity index (χ3v) is 8.35. The number of carbonyl (C=O) groups is 1. The van der Waals surface area contributed by atoms with E-state index in [4.69, 9.17) is 9.40 Å². The second-order valence-electron chi connectivity index (χ2n) is 12.1. The predicted octanol–water partition coefficient (Wildman–Crippen LogP) is 11.1. The predicted molar refractivity (Wildman–Crippen MR) is 180 cm³/mol. The average molecular weight is 787 g/mol. The molecule has 2 heterocycles. The maximum atomic E-state index is 14.7. The minimum Gasteiger partial charge on any atom is -0.512 e. The van der Waals surface area contributed by atoms with Crippen LogP contribution in [-0.2, 0) is 31.3 Å². The molecule has 5 rings (SSSR count). The minimum absolute atomic E-state index is 0. The zero-order valence-electron chi connectivity index (χ0n) is 27.5. The summed E-state index contributed by atoms with van der Waals surface area (Å²) in [7, 11) is 0. The first-order chi connectivity index (χ1) is 21.1. The van der Waals surface area contributed by atoms with Crippen molar-refractivity contribution in [3.8, 4) is 11.3 Å². The van der Waals surface area contributed by atoms with Gasteiger partial charge < -0.3 is 14.5 Å². The van der Waals surface area contributed by atoms with Crippen molar-refractivity contribution in [3.05, 3.63) is 89.6 Å². The van der Waals surface area contributed by atoms with Gasteiger partial charge >= 0.3 is 0 Å². The van der Waals surface area contributed by atoms with Crippen molar-refractivity contribution in [1.82, 2.24) is 4.98 Å². The summed E-state index contributed by atoms with van der Waals surface area (Å²) in [5.74, 6) is 0.739. The summed E-state index contributed by atoms with van der Waals surface area (Å²) in [5.41, 5.74) is 4.97. The van der Waals surface area contributed by atoms with E-state index in [1.54, 1.807) is 6.07 Å². The normalized spacial score (nSPS) is 11.8. The number of aromatic nitrogens is 1. The molecule has 241 valence electrons. The number of rotatable bonds is 10. The molecule has 0 saturated carbocycles. The van der Waals surface area contributed by atoms with Gasteiger partial charge in [-0.3, -0.25) is 4.79 Å². The van der Waals surface area contributed by atoms with Crippen LogP contribution in [-0.4, -0.2) is 15.9 Å². The molecule has 0 bridgehead atoms. The fourth-order valence-corrected chi connectivity index (χ4v) is 5.85. The van der Waals surface area contributed by atoms with Gasteiger partial charge in [0, 0.05) is 54.5 Å². The zero-order valence-corrected chi connectivity index (χ0v) is 29.9. The minimum atomic E-state index is -0.232. The number of hydrogen-bond donors (Lipinski definition) is 1. The Morgan fingerprint density at radius 1 is 0.911 bits per heavy atom. The van der Waals surface area contributed by atoms with E-state index in [1.165, 1.54) is 12.1 Å². The maximum absolute atomic E-state index is 14.7. The smallest absolute Gasteiger partial charge is 0.162 e. The number of halogens is 1. The molecule has 45 heavy (non-hydrogen) atoms. The van der Waals surface area contributed by atoms with Gasteiger partial charge in [0.2, 0.25) is 0 Å². The summed E-state index contributed by atoms with van der Waals surface area (Å²) in [4.78, 5) is 16.7. The molecule has 3 aromatic carbocycles. The topological polar surface area (TPSA) is 63.3 Å². The number of furan rings is 1. The number of aryl methyl sites for hydroxylation is 1. The second-order valence-corrected chi connectivity index (χ2v) is 12.1. The van der Waals surface area contributed by atoms with Crippen molar-refractivity contribution in [1.29, 1.82) is 0 Å². The molecule has 0 aliphatic carbocycles. The molecule has 1 N–H and O–H groups in total. The van der Waals surface area contributed by atoms with Crippen molar-refractivity contribution in [2.75, 3.05) is 0 Å². The Labute approximate surface area is 280 Å². The van der Waals surface area contributed by atoms with Gasteiger partial charge in [0.05, 0.1) is 11.3 Å². The van der Waals surface area contributed by atoms with Crippen molar-refractivity contribution in [2.45, 2.75) is 80.6 Å². The molecule has 2 aromatic heterocycles. The zero-order chi connectivity index (χ0) is 32.0. The monoisotopic (exact) mass is 787 g/mol. The Kier molecular flexibility index (Phi) is 13.1. The number of fused-ring (bicyclic) bond motifs is 4. The van der Waals surface area contributed by atoms with Crippen LogP contribution >= 0.6 is 0 Å². The van der Waals surface area contributed by atoms with Crippen LogP contribution in [0.5, 0.6) is 0 Å². The number of allylic oxidation sites excluding steroid dienone is 2. The van der Waals surface area contributed by atoms with E-state index in [9.17, 15) is 14.3 Å². The van der Waals surface area contributed by atoms with Crippen LogP contribution in [0.15, 0.2) is 70.8 Å². The van der Waals surface area contributed by atoms with Crippen LogP contribution in [0.1, 0.15) is 78.5 Å². The van der Waals surface area contributed by atoms with Crippen LogP contribution < -0.4 is 0 Å². The van der Waals surface area contributed by atoms with Crippen molar-refractivity contribution in [2.24, 2.45) is 17.8 Å². The molecule has 0 spiro atoms. The number of pyridine rings is 1. The molecule has 0 atom stereocenters. The molecule has 5 aromatic rings. The Balaban J connectivity index is 0.000000297. The standard InChI is InChI=1S/C26H21FNO.C13H24O2.Ir/c1-15(2)11-17-14-20-19(8-6-9-23(20)27)25(28-17)22-13-16(3)12-21-18-7-4-5-10-24(18)29-26(21)22;1-5-10(6-2)12(14)9-13(15)11(7-3)8-4;/h4-10,12,14-15H,11H2,1-3H3;9-11,14H,5-8H2,1-4H3;/q-1;;/b;12-9-;. The van der Waals surface area contributed by atoms with Crippen LogP contribution in [0.2, 0.25) is 0 Å². The van der Waals surface area contributed by atoms with Gasteiger partial charge in [-0.25, -0.2) is 4.39 Å². The quantitative estimate of drug-likeness (QED) is 0.0870. The van der Waals surface area contributed by atoms with E-state index in [0.717, 1.165) is 81.9 Å². The number of aliphatic hydroxyl groups is 1. The third kappa shape index (κ3) is 8.28. The second kappa shape index (κ2) is 16.3. The molecule has 4 nitrogen and oxygen atoms in total. The summed E-state index contributed by atoms with van der Waals surface area (Å²) >= 11 is 0. The Morgan fingerprint density at radius 3 is 2.20 bits per heavy atom. The molecule has 0 saturated heterocycles. The number of aliphatic hydroxyl groups excluding tert-OH is 1.